The van der Waals surface area contributed by atoms with Gasteiger partial charge in [-0.1, -0.05) is 13.8 Å². The number of fused-ring (bicyclic) bond motifs is 3. The van der Waals surface area contributed by atoms with Gasteiger partial charge in [0.05, 0.1) is 11.6 Å². The van der Waals surface area contributed by atoms with Crippen LogP contribution >= 0.6 is 0 Å². The molecule has 7 nitrogen and oxygen atoms in total. The fraction of sp³-hybridized carbons (Fsp3) is 0.350. The Balaban J connectivity index is 1.85. The Morgan fingerprint density at radius 3 is 2.96 bits per heavy atom. The highest BCUT2D eigenvalue weighted by atomic mass is 16.5. The van der Waals surface area contributed by atoms with E-state index in [-0.39, 0.29) is 12.6 Å². The third kappa shape index (κ3) is 4.29. The number of carboxylic acid groups (broad SMARTS) is 1. The average molecular weight is 367 g/mol. The number of aromatic nitrogens is 1. The van der Waals surface area contributed by atoms with E-state index < -0.39 is 6.09 Å². The summed E-state index contributed by atoms with van der Waals surface area (Å²) < 4.78 is 11.6. The van der Waals surface area contributed by atoms with Crippen molar-refractivity contribution in [3.05, 3.63) is 41.7 Å². The van der Waals surface area contributed by atoms with Crippen molar-refractivity contribution in [2.75, 3.05) is 6.61 Å². The van der Waals surface area contributed by atoms with E-state index in [1.54, 1.807) is 24.5 Å². The van der Waals surface area contributed by atoms with Gasteiger partial charge in [0, 0.05) is 29.6 Å². The Kier molecular flexibility index (Phi) is 5.46. The van der Waals surface area contributed by atoms with Gasteiger partial charge in [0.15, 0.2) is 0 Å². The van der Waals surface area contributed by atoms with Crippen LogP contribution in [0.2, 0.25) is 0 Å². The molecule has 140 valence electrons. The van der Waals surface area contributed by atoms with Gasteiger partial charge in [-0.3, -0.25) is 4.98 Å². The van der Waals surface area contributed by atoms with Crippen molar-refractivity contribution in [1.29, 1.82) is 5.26 Å². The molecule has 0 unspecified atom stereocenters. The van der Waals surface area contributed by atoms with Gasteiger partial charge in [-0.25, -0.2) is 4.79 Å². The topological polar surface area (TPSA) is 104 Å². The average Bonchev–Trinajstić information content (AvgIpc) is 2.64. The van der Waals surface area contributed by atoms with Crippen LogP contribution in [0.25, 0.3) is 11.1 Å². The summed E-state index contributed by atoms with van der Waals surface area (Å²) in [6.07, 6.45) is 3.00. The Bertz CT molecular complexity index is 889. The van der Waals surface area contributed by atoms with Crippen LogP contribution in [0.15, 0.2) is 30.6 Å². The first-order chi connectivity index (χ1) is 13.0. The molecule has 1 aromatic carbocycles. The molecule has 0 fully saturated rings. The lowest BCUT2D eigenvalue weighted by Gasteiger charge is -2.23. The zero-order chi connectivity index (χ0) is 19.4. The molecule has 1 aliphatic heterocycles. The molecule has 1 atom stereocenters. The van der Waals surface area contributed by atoms with Crippen molar-refractivity contribution in [3.63, 3.8) is 0 Å². The zero-order valence-electron chi connectivity index (χ0n) is 15.2. The normalized spacial score (nSPS) is 13.0. The second kappa shape index (κ2) is 7.96. The zero-order valence-corrected chi connectivity index (χ0v) is 15.2. The predicted molar refractivity (Wildman–Crippen MR) is 98.6 cm³/mol. The summed E-state index contributed by atoms with van der Waals surface area (Å²) in [5.41, 5.74) is 3.15. The first-order valence-corrected chi connectivity index (χ1v) is 8.74. The second-order valence-corrected chi connectivity index (χ2v) is 6.86. The van der Waals surface area contributed by atoms with Crippen molar-refractivity contribution in [2.45, 2.75) is 32.9 Å². The molecule has 1 aliphatic rings. The number of carbonyl (C=O) groups is 1. The van der Waals surface area contributed by atoms with Gasteiger partial charge in [0.1, 0.15) is 30.8 Å². The number of rotatable bonds is 6. The lowest BCUT2D eigenvalue weighted by Crippen LogP contribution is -2.39. The van der Waals surface area contributed by atoms with Crippen molar-refractivity contribution in [1.82, 2.24) is 10.3 Å². The molecule has 0 bridgehead atoms. The highest BCUT2D eigenvalue weighted by Crippen LogP contribution is 2.41. The van der Waals surface area contributed by atoms with Crippen molar-refractivity contribution in [2.24, 2.45) is 5.92 Å². The van der Waals surface area contributed by atoms with Crippen molar-refractivity contribution < 1.29 is 19.4 Å². The quantitative estimate of drug-likeness (QED) is 0.809. The molecule has 0 saturated heterocycles. The van der Waals surface area contributed by atoms with Crippen LogP contribution in [0.5, 0.6) is 11.5 Å². The molecule has 0 spiro atoms. The van der Waals surface area contributed by atoms with E-state index >= 15 is 0 Å². The van der Waals surface area contributed by atoms with Gasteiger partial charge in [0.25, 0.3) is 0 Å². The van der Waals surface area contributed by atoms with Crippen LogP contribution in [0.1, 0.15) is 31.4 Å². The van der Waals surface area contributed by atoms with E-state index in [9.17, 15) is 10.1 Å². The van der Waals surface area contributed by atoms with Gasteiger partial charge in [0.2, 0.25) is 0 Å². The van der Waals surface area contributed by atoms with Gasteiger partial charge < -0.3 is 19.9 Å². The minimum atomic E-state index is -1.09. The largest absolute Gasteiger partial charge is 0.490 e. The summed E-state index contributed by atoms with van der Waals surface area (Å²) in [5.74, 6) is 1.32. The van der Waals surface area contributed by atoms with E-state index in [4.69, 9.17) is 14.6 Å². The van der Waals surface area contributed by atoms with Gasteiger partial charge in [-0.2, -0.15) is 5.26 Å². The van der Waals surface area contributed by atoms with E-state index in [1.807, 2.05) is 19.9 Å². The van der Waals surface area contributed by atoms with Gasteiger partial charge in [-0.05, 0) is 30.0 Å². The molecule has 2 heterocycles. The van der Waals surface area contributed by atoms with Crippen LogP contribution in [-0.2, 0) is 6.61 Å². The van der Waals surface area contributed by atoms with E-state index in [2.05, 4.69) is 16.4 Å². The summed E-state index contributed by atoms with van der Waals surface area (Å²) in [6, 6.07) is 7.12. The standard InChI is InChI=1S/C20H21N3O4/c1-12(2)5-15(23-20(24)25)11-27-18-7-19-17(6-13(18)8-21)16-3-4-22-9-14(16)10-26-19/h3-4,6-7,9,12,15,23H,5,10-11H2,1-2H3,(H,24,25)/t15-/m0/s1. The van der Waals surface area contributed by atoms with Crippen molar-refractivity contribution >= 4 is 6.09 Å². The third-order valence-corrected chi connectivity index (χ3v) is 4.30. The Morgan fingerprint density at radius 2 is 2.26 bits per heavy atom. The summed E-state index contributed by atoms with van der Waals surface area (Å²) in [7, 11) is 0. The lowest BCUT2D eigenvalue weighted by molar-refractivity contribution is 0.176. The maximum atomic E-state index is 11.0. The molecule has 27 heavy (non-hydrogen) atoms. The Labute approximate surface area is 157 Å². The first-order valence-electron chi connectivity index (χ1n) is 8.74. The molecular weight excluding hydrogens is 346 g/mol. The number of nitrogens with zero attached hydrogens (tertiary/aromatic N) is 2. The Morgan fingerprint density at radius 1 is 1.44 bits per heavy atom. The van der Waals surface area contributed by atoms with E-state index in [1.165, 1.54) is 0 Å². The molecule has 0 radical (unpaired) electrons. The third-order valence-electron chi connectivity index (χ3n) is 4.30. The van der Waals surface area contributed by atoms with Crippen LogP contribution in [0.3, 0.4) is 0 Å². The van der Waals surface area contributed by atoms with Crippen LogP contribution in [0.4, 0.5) is 4.79 Å². The van der Waals surface area contributed by atoms with E-state index in [0.717, 1.165) is 16.7 Å². The van der Waals surface area contributed by atoms with Crippen LogP contribution in [-0.4, -0.2) is 28.8 Å². The van der Waals surface area contributed by atoms with E-state index in [0.29, 0.717) is 36.0 Å². The highest BCUT2D eigenvalue weighted by Gasteiger charge is 2.21. The molecule has 2 aromatic rings. The summed E-state index contributed by atoms with van der Waals surface area (Å²) in [5, 5.41) is 21.0. The lowest BCUT2D eigenvalue weighted by atomic mass is 9.97. The summed E-state index contributed by atoms with van der Waals surface area (Å²) in [6.45, 7) is 4.56. The number of ether oxygens (including phenoxy) is 2. The SMILES string of the molecule is CC(C)C[C@@H](COc1cc2c(cc1C#N)-c1ccncc1CO2)NC(=O)O. The molecule has 0 aliphatic carbocycles. The fourth-order valence-corrected chi connectivity index (χ4v) is 3.16. The minimum Gasteiger partial charge on any atom is -0.490 e. The van der Waals surface area contributed by atoms with Crippen LogP contribution in [0, 0.1) is 17.2 Å². The molecule has 0 saturated carbocycles. The maximum absolute atomic E-state index is 11.0. The number of amides is 1. The molecule has 1 aromatic heterocycles. The predicted octanol–water partition coefficient (Wildman–Crippen LogP) is 3.57. The first kappa shape index (κ1) is 18.5. The maximum Gasteiger partial charge on any atom is 0.404 e. The Hall–Kier alpha value is -3.27. The number of nitrogens with one attached hydrogen (secondary N) is 1. The number of pyridine rings is 1. The monoisotopic (exact) mass is 367 g/mol. The minimum absolute atomic E-state index is 0.137. The number of benzene rings is 1. The van der Waals surface area contributed by atoms with Gasteiger partial charge in [-0.15, -0.1) is 0 Å². The molecule has 2 N–H and O–H groups in total. The molecule has 7 heteroatoms. The molecular formula is C20H21N3O4. The fourth-order valence-electron chi connectivity index (χ4n) is 3.16. The summed E-state index contributed by atoms with van der Waals surface area (Å²) in [4.78, 5) is 15.1. The smallest absolute Gasteiger partial charge is 0.404 e. The van der Waals surface area contributed by atoms with Crippen LogP contribution < -0.4 is 14.8 Å². The number of hydrogen-bond donors (Lipinski definition) is 2. The number of nitriles is 1. The van der Waals surface area contributed by atoms with Crippen molar-refractivity contribution in [3.8, 4) is 28.7 Å². The second-order valence-electron chi connectivity index (χ2n) is 6.86. The number of hydrogen-bond acceptors (Lipinski definition) is 5. The van der Waals surface area contributed by atoms with Gasteiger partial charge >= 0.3 is 6.09 Å². The molecule has 1 amide bonds. The highest BCUT2D eigenvalue weighted by molar-refractivity contribution is 5.77. The molecule has 3 rings (SSSR count). The summed E-state index contributed by atoms with van der Waals surface area (Å²) >= 11 is 0.